The van der Waals surface area contributed by atoms with E-state index >= 15 is 0 Å². The van der Waals surface area contributed by atoms with Crippen molar-refractivity contribution >= 4 is 17.7 Å². The van der Waals surface area contributed by atoms with E-state index in [1.54, 1.807) is 44.2 Å². The molecule has 3 N–H and O–H groups in total. The summed E-state index contributed by atoms with van der Waals surface area (Å²) in [5.41, 5.74) is 0.561. The fourth-order valence-electron chi connectivity index (χ4n) is 2.34. The number of carboxylic acid groups (broad SMARTS) is 1. The van der Waals surface area contributed by atoms with Crippen molar-refractivity contribution in [3.8, 4) is 17.4 Å². The molecule has 9 nitrogen and oxygen atoms in total. The van der Waals surface area contributed by atoms with E-state index in [2.05, 4.69) is 20.8 Å². The summed E-state index contributed by atoms with van der Waals surface area (Å²) in [6.45, 7) is 5.33. The monoisotopic (exact) mass is 388 g/mol. The number of carboxylic acids is 1. The van der Waals surface area contributed by atoms with Crippen LogP contribution in [0.3, 0.4) is 0 Å². The van der Waals surface area contributed by atoms with Crippen LogP contribution in [-0.2, 0) is 4.79 Å². The first-order chi connectivity index (χ1) is 13.2. The van der Waals surface area contributed by atoms with Gasteiger partial charge in [-0.1, -0.05) is 0 Å². The van der Waals surface area contributed by atoms with Crippen LogP contribution in [0.25, 0.3) is 0 Å². The van der Waals surface area contributed by atoms with Crippen molar-refractivity contribution in [3.05, 3.63) is 36.0 Å². The number of hydrogen-bond acceptors (Lipinski definition) is 6. The van der Waals surface area contributed by atoms with Crippen LogP contribution < -0.4 is 20.1 Å². The smallest absolute Gasteiger partial charge is 0.319 e. The maximum atomic E-state index is 12.3. The predicted octanol–water partition coefficient (Wildman–Crippen LogP) is 3.35. The van der Waals surface area contributed by atoms with Crippen molar-refractivity contribution in [2.45, 2.75) is 39.2 Å². The molecule has 0 fully saturated rings. The molecule has 0 atom stereocenters. The number of amides is 2. The first-order valence-corrected chi connectivity index (χ1v) is 8.66. The third-order valence-electron chi connectivity index (χ3n) is 3.83. The van der Waals surface area contributed by atoms with Crippen molar-refractivity contribution in [2.75, 3.05) is 12.4 Å². The van der Waals surface area contributed by atoms with Gasteiger partial charge in [-0.2, -0.15) is 5.10 Å². The zero-order valence-corrected chi connectivity index (χ0v) is 16.3. The lowest BCUT2D eigenvalue weighted by Gasteiger charge is -2.25. The molecule has 2 aromatic rings. The minimum atomic E-state index is -0.911. The van der Waals surface area contributed by atoms with Gasteiger partial charge in [0.25, 0.3) is 0 Å². The van der Waals surface area contributed by atoms with Gasteiger partial charge in [-0.15, -0.1) is 5.10 Å². The molecule has 0 aliphatic rings. The number of aliphatic carboxylic acids is 1. The number of aromatic nitrogens is 2. The largest absolute Gasteiger partial charge is 0.493 e. The summed E-state index contributed by atoms with van der Waals surface area (Å²) < 4.78 is 11.0. The van der Waals surface area contributed by atoms with E-state index in [1.807, 2.05) is 6.92 Å². The molecular formula is C19H24N4O5. The topological polar surface area (TPSA) is 123 Å². The minimum absolute atomic E-state index is 0.0363. The zero-order chi connectivity index (χ0) is 20.7. The Kier molecular flexibility index (Phi) is 6.75. The van der Waals surface area contributed by atoms with Crippen LogP contribution in [0, 0.1) is 6.92 Å². The van der Waals surface area contributed by atoms with Crippen LogP contribution in [0.2, 0.25) is 0 Å². The SMILES string of the molecule is COc1ccc(NC(=O)NC(C)(C)CCC(=O)O)cc1Oc1ccc(C)nn1. The summed E-state index contributed by atoms with van der Waals surface area (Å²) in [7, 11) is 1.51. The molecule has 0 aliphatic carbocycles. The van der Waals surface area contributed by atoms with Gasteiger partial charge in [0.05, 0.1) is 12.8 Å². The molecule has 0 bridgehead atoms. The van der Waals surface area contributed by atoms with Crippen LogP contribution in [0.5, 0.6) is 17.4 Å². The first-order valence-electron chi connectivity index (χ1n) is 8.66. The summed E-state index contributed by atoms with van der Waals surface area (Å²) >= 11 is 0. The summed E-state index contributed by atoms with van der Waals surface area (Å²) in [5.74, 6) is 0.213. The number of hydrogen-bond donors (Lipinski definition) is 3. The fourth-order valence-corrected chi connectivity index (χ4v) is 2.34. The van der Waals surface area contributed by atoms with E-state index < -0.39 is 17.5 Å². The lowest BCUT2D eigenvalue weighted by Crippen LogP contribution is -2.45. The Morgan fingerprint density at radius 3 is 2.50 bits per heavy atom. The lowest BCUT2D eigenvalue weighted by molar-refractivity contribution is -0.137. The first kappa shape index (κ1) is 20.9. The van der Waals surface area contributed by atoms with E-state index in [1.165, 1.54) is 7.11 Å². The molecular weight excluding hydrogens is 364 g/mol. The number of anilines is 1. The van der Waals surface area contributed by atoms with E-state index in [-0.39, 0.29) is 6.42 Å². The number of carbonyl (C=O) groups is 2. The molecule has 1 aromatic carbocycles. The molecule has 0 saturated heterocycles. The Balaban J connectivity index is 2.08. The second kappa shape index (κ2) is 9.03. The van der Waals surface area contributed by atoms with Gasteiger partial charge in [0.2, 0.25) is 5.88 Å². The fraction of sp³-hybridized carbons (Fsp3) is 0.368. The summed E-state index contributed by atoms with van der Waals surface area (Å²) in [6.07, 6.45) is 0.268. The lowest BCUT2D eigenvalue weighted by atomic mass is 9.99. The number of urea groups is 1. The molecule has 150 valence electrons. The molecule has 0 radical (unpaired) electrons. The van der Waals surface area contributed by atoms with Crippen LogP contribution in [0.1, 0.15) is 32.4 Å². The molecule has 28 heavy (non-hydrogen) atoms. The van der Waals surface area contributed by atoms with E-state index in [9.17, 15) is 9.59 Å². The highest BCUT2D eigenvalue weighted by molar-refractivity contribution is 5.90. The van der Waals surface area contributed by atoms with Crippen molar-refractivity contribution in [3.63, 3.8) is 0 Å². The van der Waals surface area contributed by atoms with Gasteiger partial charge in [-0.25, -0.2) is 4.79 Å². The Morgan fingerprint density at radius 1 is 1.14 bits per heavy atom. The Morgan fingerprint density at radius 2 is 1.89 bits per heavy atom. The maximum absolute atomic E-state index is 12.3. The second-order valence-corrected chi connectivity index (χ2v) is 6.84. The van der Waals surface area contributed by atoms with E-state index in [0.717, 1.165) is 5.69 Å². The highest BCUT2D eigenvalue weighted by Crippen LogP contribution is 2.33. The van der Waals surface area contributed by atoms with E-state index in [4.69, 9.17) is 14.6 Å². The van der Waals surface area contributed by atoms with Crippen molar-refractivity contribution in [1.29, 1.82) is 0 Å². The molecule has 2 rings (SSSR count). The molecule has 2 amide bonds. The standard InChI is InChI=1S/C19H24N4O5/c1-12-5-8-16(23-22-12)28-15-11-13(6-7-14(15)27-4)20-18(26)21-19(2,3)10-9-17(24)25/h5-8,11H,9-10H2,1-4H3,(H,24,25)(H2,20,21,26). The molecule has 1 aromatic heterocycles. The van der Waals surface area contributed by atoms with Gasteiger partial charge in [0.1, 0.15) is 0 Å². The van der Waals surface area contributed by atoms with Gasteiger partial charge >= 0.3 is 12.0 Å². The third-order valence-corrected chi connectivity index (χ3v) is 3.83. The van der Waals surface area contributed by atoms with Crippen LogP contribution in [-0.4, -0.2) is 40.0 Å². The summed E-state index contributed by atoms with van der Waals surface area (Å²) in [4.78, 5) is 23.0. The molecule has 9 heteroatoms. The number of benzene rings is 1. The van der Waals surface area contributed by atoms with Gasteiger partial charge in [0, 0.05) is 29.8 Å². The molecule has 0 spiro atoms. The number of rotatable bonds is 8. The molecule has 1 heterocycles. The average Bonchev–Trinajstić information content (AvgIpc) is 2.62. The Labute approximate surface area is 163 Å². The van der Waals surface area contributed by atoms with Crippen LogP contribution in [0.4, 0.5) is 10.5 Å². The number of nitrogens with zero attached hydrogens (tertiary/aromatic N) is 2. The highest BCUT2D eigenvalue weighted by Gasteiger charge is 2.21. The predicted molar refractivity (Wildman–Crippen MR) is 103 cm³/mol. The Hall–Kier alpha value is -3.36. The zero-order valence-electron chi connectivity index (χ0n) is 16.3. The van der Waals surface area contributed by atoms with Crippen molar-refractivity contribution in [2.24, 2.45) is 0 Å². The summed E-state index contributed by atoms with van der Waals surface area (Å²) in [5, 5.41) is 22.1. The molecule has 0 unspecified atom stereocenters. The highest BCUT2D eigenvalue weighted by atomic mass is 16.5. The van der Waals surface area contributed by atoms with Gasteiger partial charge in [-0.05, 0) is 45.4 Å². The third kappa shape index (κ3) is 6.42. The molecule has 0 saturated carbocycles. The number of nitrogens with one attached hydrogen (secondary N) is 2. The van der Waals surface area contributed by atoms with Crippen LogP contribution in [0.15, 0.2) is 30.3 Å². The number of ether oxygens (including phenoxy) is 2. The number of carbonyl (C=O) groups excluding carboxylic acids is 1. The van der Waals surface area contributed by atoms with Crippen molar-refractivity contribution in [1.82, 2.24) is 15.5 Å². The number of methoxy groups -OCH3 is 1. The van der Waals surface area contributed by atoms with Gasteiger partial charge < -0.3 is 25.2 Å². The Bertz CT molecular complexity index is 837. The van der Waals surface area contributed by atoms with Crippen molar-refractivity contribution < 1.29 is 24.2 Å². The quantitative estimate of drug-likeness (QED) is 0.634. The summed E-state index contributed by atoms with van der Waals surface area (Å²) in [6, 6.07) is 7.91. The maximum Gasteiger partial charge on any atom is 0.319 e. The normalized spacial score (nSPS) is 10.9. The number of aryl methyl sites for hydroxylation is 1. The molecule has 0 aliphatic heterocycles. The minimum Gasteiger partial charge on any atom is -0.493 e. The van der Waals surface area contributed by atoms with Crippen LogP contribution >= 0.6 is 0 Å². The average molecular weight is 388 g/mol. The second-order valence-electron chi connectivity index (χ2n) is 6.84. The van der Waals surface area contributed by atoms with E-state index in [0.29, 0.717) is 29.5 Å². The van der Waals surface area contributed by atoms with Gasteiger partial charge in [-0.3, -0.25) is 4.79 Å². The van der Waals surface area contributed by atoms with Gasteiger partial charge in [0.15, 0.2) is 11.5 Å².